The van der Waals surface area contributed by atoms with Crippen molar-refractivity contribution in [1.82, 2.24) is 29.1 Å². The van der Waals surface area contributed by atoms with Crippen LogP contribution in [0, 0.1) is 29.5 Å². The number of sulfonamides is 1. The smallest absolute Gasteiger partial charge is 0.258 e. The summed E-state index contributed by atoms with van der Waals surface area (Å²) in [5.74, 6) is 1.60. The minimum atomic E-state index is -4.06. The van der Waals surface area contributed by atoms with Gasteiger partial charge in [0.1, 0.15) is 11.6 Å². The maximum absolute atomic E-state index is 14.0. The average Bonchev–Trinajstić information content (AvgIpc) is 3.88. The van der Waals surface area contributed by atoms with E-state index in [1.165, 1.54) is 74.1 Å². The molecule has 69 heavy (non-hydrogen) atoms. The monoisotopic (exact) mass is 956 g/mol. The summed E-state index contributed by atoms with van der Waals surface area (Å²) < 4.78 is 53.5. The number of amides is 3. The number of rotatable bonds is 15. The fourth-order valence-electron chi connectivity index (χ4n) is 11.9. The number of hydrogen-bond donors (Lipinski definition) is 5. The van der Waals surface area contributed by atoms with Crippen molar-refractivity contribution in [2.45, 2.75) is 107 Å². The number of nitrogens with zero attached hydrogens (tertiary/aromatic N) is 4. The molecule has 4 aromatic carbocycles. The quantitative estimate of drug-likeness (QED) is 0.0626. The van der Waals surface area contributed by atoms with Gasteiger partial charge in [0.25, 0.3) is 11.8 Å². The Morgan fingerprint density at radius 2 is 1.46 bits per heavy atom. The van der Waals surface area contributed by atoms with E-state index in [9.17, 15) is 32.3 Å². The van der Waals surface area contributed by atoms with Crippen LogP contribution in [-0.2, 0) is 27.0 Å². The first kappa shape index (κ1) is 46.3. The molecule has 5 saturated carbocycles. The van der Waals surface area contributed by atoms with Gasteiger partial charge in [0.15, 0.2) is 0 Å². The highest BCUT2D eigenvalue weighted by atomic mass is 32.2. The molecular weight excluding hydrogens is 900 g/mol. The second-order valence-electron chi connectivity index (χ2n) is 19.8. The summed E-state index contributed by atoms with van der Waals surface area (Å²) in [6.45, 7) is 3.65. The summed E-state index contributed by atoms with van der Waals surface area (Å²) in [4.78, 5) is 49.7. The van der Waals surface area contributed by atoms with Gasteiger partial charge in [-0.25, -0.2) is 27.5 Å². The van der Waals surface area contributed by atoms with Gasteiger partial charge < -0.3 is 24.3 Å². The molecule has 360 valence electrons. The van der Waals surface area contributed by atoms with Gasteiger partial charge in [-0.1, -0.05) is 12.1 Å². The molecule has 0 atom stereocenters. The molecular formula is C52H57FN8O7S. The molecule has 2 heterocycles. The Morgan fingerprint density at radius 3 is 2.16 bits per heavy atom. The predicted molar refractivity (Wildman–Crippen MR) is 260 cm³/mol. The number of aliphatic hydroxyl groups is 1. The number of aliphatic hydroxyl groups excluding tert-OH is 1. The molecule has 0 radical (unpaired) electrons. The Hall–Kier alpha value is -6.43. The number of ether oxygens (including phenoxy) is 1. The second kappa shape index (κ2) is 18.8. The highest BCUT2D eigenvalue weighted by Crippen LogP contribution is 2.60. The number of benzene rings is 4. The molecule has 3 amide bonds. The Balaban J connectivity index is 0.821. The normalized spacial score (nSPS) is 23.2. The van der Waals surface area contributed by atoms with Gasteiger partial charge >= 0.3 is 0 Å². The van der Waals surface area contributed by atoms with Crippen molar-refractivity contribution in [3.05, 3.63) is 120 Å². The third-order valence-electron chi connectivity index (χ3n) is 14.6. The van der Waals surface area contributed by atoms with Crippen LogP contribution in [0.2, 0.25) is 0 Å². The molecule has 6 aromatic rings. The van der Waals surface area contributed by atoms with Gasteiger partial charge in [0, 0.05) is 47.3 Å². The maximum atomic E-state index is 14.0. The van der Waals surface area contributed by atoms with E-state index < -0.39 is 27.7 Å². The lowest BCUT2D eigenvalue weighted by atomic mass is 9.53. The molecule has 0 saturated heterocycles. The van der Waals surface area contributed by atoms with Crippen molar-refractivity contribution in [3.63, 3.8) is 0 Å². The van der Waals surface area contributed by atoms with Crippen LogP contribution in [0.4, 0.5) is 16.3 Å². The summed E-state index contributed by atoms with van der Waals surface area (Å²) in [5.41, 5.74) is 3.91. The second-order valence-corrected chi connectivity index (χ2v) is 21.6. The molecule has 15 nitrogen and oxygen atoms in total. The zero-order valence-corrected chi connectivity index (χ0v) is 39.5. The molecule has 5 N–H and O–H groups in total. The van der Waals surface area contributed by atoms with Crippen molar-refractivity contribution in [2.75, 3.05) is 17.2 Å². The number of fused-ring (bicyclic) bond motifs is 2. The van der Waals surface area contributed by atoms with Gasteiger partial charge in [-0.05, 0) is 174 Å². The van der Waals surface area contributed by atoms with Gasteiger partial charge in [0.2, 0.25) is 27.8 Å². The number of nitrogens with one attached hydrogen (secondary N) is 4. The van der Waals surface area contributed by atoms with Crippen LogP contribution in [0.25, 0.3) is 22.1 Å². The van der Waals surface area contributed by atoms with Crippen LogP contribution in [0.15, 0.2) is 102 Å². The van der Waals surface area contributed by atoms with Gasteiger partial charge in [-0.2, -0.15) is 0 Å². The number of anilines is 2. The number of aromatic nitrogens is 4. The Morgan fingerprint density at radius 1 is 0.812 bits per heavy atom. The Kier molecular flexibility index (Phi) is 12.6. The van der Waals surface area contributed by atoms with Crippen molar-refractivity contribution >= 4 is 61.7 Å². The van der Waals surface area contributed by atoms with E-state index in [1.807, 2.05) is 36.6 Å². The van der Waals surface area contributed by atoms with Gasteiger partial charge in [0.05, 0.1) is 39.8 Å². The zero-order valence-electron chi connectivity index (χ0n) is 38.7. The Labute approximate surface area is 400 Å². The lowest BCUT2D eigenvalue weighted by Gasteiger charge is -2.57. The summed E-state index contributed by atoms with van der Waals surface area (Å²) >= 11 is 0. The molecule has 5 fully saturated rings. The molecule has 0 aliphatic heterocycles. The summed E-state index contributed by atoms with van der Waals surface area (Å²) in [6, 6.07) is 22.0. The number of halogens is 1. The fourth-order valence-corrected chi connectivity index (χ4v) is 12.9. The molecule has 2 aromatic heterocycles. The lowest BCUT2D eigenvalue weighted by Crippen LogP contribution is -2.52. The third-order valence-corrected chi connectivity index (χ3v) is 16.0. The van der Waals surface area contributed by atoms with Crippen molar-refractivity contribution < 1.29 is 37.0 Å². The van der Waals surface area contributed by atoms with Crippen molar-refractivity contribution in [2.24, 2.45) is 23.7 Å². The van der Waals surface area contributed by atoms with Crippen LogP contribution >= 0.6 is 0 Å². The molecule has 17 heteroatoms. The van der Waals surface area contributed by atoms with E-state index in [4.69, 9.17) is 14.7 Å². The topological polar surface area (TPSA) is 199 Å². The lowest BCUT2D eigenvalue weighted by molar-refractivity contribution is -0.126. The minimum absolute atomic E-state index is 0.0318. The molecule has 5 aliphatic rings. The van der Waals surface area contributed by atoms with Crippen LogP contribution in [0.1, 0.15) is 110 Å². The number of carbonyl (C=O) groups is 3. The SMILES string of the molecule is CC(C)NC(=O)C1CCC(n2c(NC(=O)c3ccc(F)cc3)nc3ccc(OC=CCNS(=O)(=O)c4cccc(C(=O)Nc5nc6ccc(CO)cc6n5C56CC7CC(CC(C7)C5)C6)c4)cc32)CC1. The zero-order chi connectivity index (χ0) is 48.0. The molecule has 5 aliphatic carbocycles. The summed E-state index contributed by atoms with van der Waals surface area (Å²) in [6.07, 6.45) is 12.3. The van der Waals surface area contributed by atoms with Gasteiger partial charge in [-0.3, -0.25) is 25.0 Å². The molecule has 4 bridgehead atoms. The Bertz CT molecular complexity index is 3050. The van der Waals surface area contributed by atoms with Crippen LogP contribution < -0.4 is 25.4 Å². The van der Waals surface area contributed by atoms with E-state index in [2.05, 4.69) is 25.2 Å². The van der Waals surface area contributed by atoms with E-state index in [-0.39, 0.29) is 58.6 Å². The van der Waals surface area contributed by atoms with Crippen molar-refractivity contribution in [3.8, 4) is 5.75 Å². The van der Waals surface area contributed by atoms with E-state index in [0.717, 1.165) is 35.9 Å². The minimum Gasteiger partial charge on any atom is -0.465 e. The number of hydrogen-bond acceptors (Lipinski definition) is 9. The van der Waals surface area contributed by atoms with Crippen molar-refractivity contribution in [1.29, 1.82) is 0 Å². The fraction of sp³-hybridized carbons (Fsp3) is 0.404. The summed E-state index contributed by atoms with van der Waals surface area (Å²) in [7, 11) is -4.06. The first-order chi connectivity index (χ1) is 33.2. The van der Waals surface area contributed by atoms with Gasteiger partial charge in [-0.15, -0.1) is 0 Å². The highest BCUT2D eigenvalue weighted by Gasteiger charge is 2.53. The van der Waals surface area contributed by atoms with Crippen LogP contribution in [0.3, 0.4) is 0 Å². The molecule has 0 spiro atoms. The third kappa shape index (κ3) is 9.51. The summed E-state index contributed by atoms with van der Waals surface area (Å²) in [5, 5.41) is 19.0. The van der Waals surface area contributed by atoms with E-state index >= 15 is 0 Å². The highest BCUT2D eigenvalue weighted by molar-refractivity contribution is 7.89. The number of carbonyl (C=O) groups excluding carboxylic acids is 3. The standard InChI is InChI=1S/C52H57FN8O7S/c1-31(2)55-47(63)37-10-14-40(15-11-37)60-45-26-41(16-18-43(45)56-50(60)58-48(64)36-8-12-39(53)13-9-36)68-20-4-19-54-69(66,67)42-6-3-5-38(25-42)49(65)59-51-57-44-17-7-32(30-62)24-46(44)61(51)52-27-33-21-34(28-52)23-35(22-33)29-52/h3-9,12-13,16-18,20,24-26,31,33-35,37,40,54,62H,10-11,14-15,19,21-23,27-30H2,1-2H3,(H,55,63)(H,56,58,64)(H,57,59,65). The predicted octanol–water partition coefficient (Wildman–Crippen LogP) is 8.57. The maximum Gasteiger partial charge on any atom is 0.258 e. The van der Waals surface area contributed by atoms with Crippen LogP contribution in [0.5, 0.6) is 5.75 Å². The van der Waals surface area contributed by atoms with E-state index in [1.54, 1.807) is 24.3 Å². The van der Waals surface area contributed by atoms with E-state index in [0.29, 0.717) is 72.1 Å². The first-order valence-corrected chi connectivity index (χ1v) is 25.5. The first-order valence-electron chi connectivity index (χ1n) is 24.0. The largest absolute Gasteiger partial charge is 0.465 e. The van der Waals surface area contributed by atoms with Crippen LogP contribution in [-0.4, -0.2) is 62.9 Å². The average molecular weight is 957 g/mol. The molecule has 11 rings (SSSR count). The molecule has 0 unspecified atom stereocenters. The number of imidazole rings is 2.